The topological polar surface area (TPSA) is 53.7 Å². The van der Waals surface area contributed by atoms with E-state index >= 15 is 4.39 Å². The third kappa shape index (κ3) is 4.03. The molecule has 5 rings (SSSR count). The van der Waals surface area contributed by atoms with E-state index in [2.05, 4.69) is 19.7 Å². The predicted octanol–water partition coefficient (Wildman–Crippen LogP) is 5.07. The number of carbonyl (C=O) groups is 1. The maximum atomic E-state index is 15.8. The Kier molecular flexibility index (Phi) is 6.00. The Bertz CT molecular complexity index is 1480. The lowest BCUT2D eigenvalue weighted by Crippen LogP contribution is -2.56. The maximum absolute atomic E-state index is 15.8. The number of nitrogens with zero attached hydrogens (tertiary/aromatic N) is 5. The summed E-state index contributed by atoms with van der Waals surface area (Å²) in [5, 5.41) is 1.90. The normalized spacial score (nSPS) is 16.0. The number of hydrogen-bond donors (Lipinski definition) is 0. The van der Waals surface area contributed by atoms with Gasteiger partial charge in [-0.15, -0.1) is 0 Å². The first-order valence-electron chi connectivity index (χ1n) is 11.5. The number of aromatic nitrogens is 2. The Labute approximate surface area is 201 Å². The Morgan fingerprint density at radius 1 is 1.14 bits per heavy atom. The molecule has 0 aliphatic carbocycles. The molecule has 1 atom stereocenters. The average molecular weight is 472 g/mol. The lowest BCUT2D eigenvalue weighted by Gasteiger charge is -2.40. The quantitative estimate of drug-likeness (QED) is 0.390. The van der Waals surface area contributed by atoms with Gasteiger partial charge in [-0.05, 0) is 29.0 Å². The number of piperazine rings is 1. The molecule has 1 saturated heterocycles. The molecule has 3 heterocycles. The van der Waals surface area contributed by atoms with Crippen LogP contribution in [-0.2, 0) is 4.79 Å². The number of benzene rings is 2. The molecule has 0 N–H and O–H groups in total. The fraction of sp³-hybridized carbons (Fsp3) is 0.259. The summed E-state index contributed by atoms with van der Waals surface area (Å²) in [5.41, 5.74) is 1.31. The van der Waals surface area contributed by atoms with Crippen LogP contribution in [0.3, 0.4) is 0 Å². The zero-order valence-corrected chi connectivity index (χ0v) is 19.2. The second-order valence-corrected chi connectivity index (χ2v) is 8.57. The molecule has 1 amide bonds. The highest BCUT2D eigenvalue weighted by molar-refractivity contribution is 5.99. The van der Waals surface area contributed by atoms with Crippen molar-refractivity contribution in [2.75, 3.05) is 31.1 Å². The molecule has 1 aliphatic rings. The van der Waals surface area contributed by atoms with Crippen LogP contribution in [0.5, 0.6) is 0 Å². The summed E-state index contributed by atoms with van der Waals surface area (Å²) < 4.78 is 30.1. The fourth-order valence-corrected chi connectivity index (χ4v) is 4.86. The van der Waals surface area contributed by atoms with Crippen molar-refractivity contribution in [2.24, 2.45) is 0 Å². The minimum atomic E-state index is -0.613. The van der Waals surface area contributed by atoms with Crippen LogP contribution < -0.4 is 4.90 Å². The molecule has 0 bridgehead atoms. The van der Waals surface area contributed by atoms with Gasteiger partial charge in [-0.1, -0.05) is 31.2 Å². The van der Waals surface area contributed by atoms with Gasteiger partial charge < -0.3 is 14.6 Å². The number of pyridine rings is 2. The number of anilines is 1. The standard InChI is InChI=1S/C27H23F2N5O/c1-3-24(35)34-11-10-33(16-19(34)14-30-2)23-8-9-31-27-22(23)15-32-26(25(27)29)21-13-18(28)12-17-6-4-5-7-20(17)21/h4-9,12-13,15,19H,3,10-11,14,16H2,1H3/t19-/m0/s1. The van der Waals surface area contributed by atoms with Crippen molar-refractivity contribution in [1.82, 2.24) is 14.9 Å². The van der Waals surface area contributed by atoms with Crippen molar-refractivity contribution >= 4 is 33.3 Å². The number of rotatable bonds is 4. The van der Waals surface area contributed by atoms with Crippen molar-refractivity contribution < 1.29 is 13.6 Å². The second-order valence-electron chi connectivity index (χ2n) is 8.57. The Hall–Kier alpha value is -4.12. The van der Waals surface area contributed by atoms with Crippen LogP contribution in [0.25, 0.3) is 37.8 Å². The van der Waals surface area contributed by atoms with Gasteiger partial charge in [0.2, 0.25) is 12.5 Å². The number of hydrogen-bond acceptors (Lipinski definition) is 4. The smallest absolute Gasteiger partial charge is 0.236 e. The van der Waals surface area contributed by atoms with Crippen LogP contribution in [0.4, 0.5) is 14.5 Å². The molecule has 4 aromatic rings. The summed E-state index contributed by atoms with van der Waals surface area (Å²) in [4.78, 5) is 28.4. The van der Waals surface area contributed by atoms with Crippen LogP contribution in [-0.4, -0.2) is 53.0 Å². The largest absolute Gasteiger partial charge is 0.367 e. The summed E-state index contributed by atoms with van der Waals surface area (Å²) in [6, 6.07) is 11.5. The van der Waals surface area contributed by atoms with Crippen LogP contribution in [0.2, 0.25) is 0 Å². The maximum Gasteiger partial charge on any atom is 0.236 e. The van der Waals surface area contributed by atoms with E-state index in [1.807, 2.05) is 19.1 Å². The monoisotopic (exact) mass is 471 g/mol. The summed E-state index contributed by atoms with van der Waals surface area (Å²) in [5.74, 6) is -1.05. The Morgan fingerprint density at radius 2 is 1.97 bits per heavy atom. The first kappa shape index (κ1) is 22.7. The van der Waals surface area contributed by atoms with Gasteiger partial charge in [0, 0.05) is 55.1 Å². The third-order valence-corrected chi connectivity index (χ3v) is 6.54. The minimum absolute atomic E-state index is 0.0255. The lowest BCUT2D eigenvalue weighted by molar-refractivity contribution is -0.133. The lowest BCUT2D eigenvalue weighted by atomic mass is 10.00. The van der Waals surface area contributed by atoms with E-state index in [9.17, 15) is 9.18 Å². The van der Waals surface area contributed by atoms with Gasteiger partial charge in [0.1, 0.15) is 23.1 Å². The van der Waals surface area contributed by atoms with Crippen LogP contribution in [0, 0.1) is 18.2 Å². The van der Waals surface area contributed by atoms with Crippen LogP contribution in [0.15, 0.2) is 54.9 Å². The zero-order chi connectivity index (χ0) is 24.5. The molecular weight excluding hydrogens is 448 g/mol. The van der Waals surface area contributed by atoms with Gasteiger partial charge in [0.15, 0.2) is 5.82 Å². The number of halogens is 2. The molecule has 2 aromatic carbocycles. The van der Waals surface area contributed by atoms with Crippen LogP contribution >= 0.6 is 0 Å². The molecular formula is C27H23F2N5O. The third-order valence-electron chi connectivity index (χ3n) is 6.54. The van der Waals surface area contributed by atoms with Gasteiger partial charge in [0.25, 0.3) is 0 Å². The molecule has 2 aromatic heterocycles. The van der Waals surface area contributed by atoms with Gasteiger partial charge >= 0.3 is 0 Å². The number of fused-ring (bicyclic) bond motifs is 2. The molecule has 0 radical (unpaired) electrons. The van der Waals surface area contributed by atoms with Gasteiger partial charge in [-0.25, -0.2) is 15.4 Å². The zero-order valence-electron chi connectivity index (χ0n) is 19.2. The second kappa shape index (κ2) is 9.26. The van der Waals surface area contributed by atoms with Gasteiger partial charge in [0.05, 0.1) is 0 Å². The van der Waals surface area contributed by atoms with Crippen LogP contribution in [0.1, 0.15) is 13.3 Å². The van der Waals surface area contributed by atoms with E-state index in [0.29, 0.717) is 47.8 Å². The summed E-state index contributed by atoms with van der Waals surface area (Å²) in [6.07, 6.45) is 3.50. The van der Waals surface area contributed by atoms with E-state index < -0.39 is 11.6 Å². The van der Waals surface area contributed by atoms with E-state index in [-0.39, 0.29) is 29.7 Å². The molecule has 1 fully saturated rings. The predicted molar refractivity (Wildman–Crippen MR) is 132 cm³/mol. The first-order valence-corrected chi connectivity index (χ1v) is 11.5. The molecule has 0 unspecified atom stereocenters. The van der Waals surface area contributed by atoms with E-state index in [4.69, 9.17) is 6.57 Å². The highest BCUT2D eigenvalue weighted by atomic mass is 19.1. The number of carbonyl (C=O) groups excluding carboxylic acids is 1. The Morgan fingerprint density at radius 3 is 2.77 bits per heavy atom. The summed E-state index contributed by atoms with van der Waals surface area (Å²) in [6.45, 7) is 10.8. The molecule has 35 heavy (non-hydrogen) atoms. The van der Waals surface area contributed by atoms with Crippen molar-refractivity contribution in [3.63, 3.8) is 0 Å². The minimum Gasteiger partial charge on any atom is -0.367 e. The van der Waals surface area contributed by atoms with Crippen molar-refractivity contribution in [3.8, 4) is 11.3 Å². The van der Waals surface area contributed by atoms with Crippen molar-refractivity contribution in [3.05, 3.63) is 77.9 Å². The fourth-order valence-electron chi connectivity index (χ4n) is 4.86. The van der Waals surface area contributed by atoms with E-state index in [0.717, 1.165) is 5.69 Å². The van der Waals surface area contributed by atoms with Gasteiger partial charge in [-0.2, -0.15) is 0 Å². The molecule has 6 nitrogen and oxygen atoms in total. The van der Waals surface area contributed by atoms with Crippen molar-refractivity contribution in [2.45, 2.75) is 19.4 Å². The van der Waals surface area contributed by atoms with E-state index in [1.165, 1.54) is 12.1 Å². The van der Waals surface area contributed by atoms with Crippen molar-refractivity contribution in [1.29, 1.82) is 0 Å². The number of amides is 1. The summed E-state index contributed by atoms with van der Waals surface area (Å²) in [7, 11) is 0. The highest BCUT2D eigenvalue weighted by Crippen LogP contribution is 2.35. The SMILES string of the molecule is [C-]#[N+]C[C@H]1CN(c2ccnc3c(F)c(-c4cc(F)cc5ccccc45)ncc23)CCN1C(=O)CC. The highest BCUT2D eigenvalue weighted by Gasteiger charge is 2.32. The molecule has 0 spiro atoms. The molecule has 176 valence electrons. The molecule has 0 saturated carbocycles. The first-order chi connectivity index (χ1) is 17.0. The summed E-state index contributed by atoms with van der Waals surface area (Å²) >= 11 is 0. The molecule has 8 heteroatoms. The molecule has 1 aliphatic heterocycles. The average Bonchev–Trinajstić information content (AvgIpc) is 2.88. The Balaban J connectivity index is 1.57. The van der Waals surface area contributed by atoms with E-state index in [1.54, 1.807) is 35.5 Å². The van der Waals surface area contributed by atoms with Gasteiger partial charge in [-0.3, -0.25) is 14.8 Å².